The number of hydrogen-bond donors (Lipinski definition) is 1. The predicted octanol–water partition coefficient (Wildman–Crippen LogP) is 4.81. The fourth-order valence-corrected chi connectivity index (χ4v) is 4.64. The number of hydrogen-bond acceptors (Lipinski definition) is 5. The van der Waals surface area contributed by atoms with Crippen LogP contribution in [0.5, 0.6) is 0 Å². The van der Waals surface area contributed by atoms with Crippen molar-refractivity contribution in [3.63, 3.8) is 0 Å². The Balaban J connectivity index is 1.78. The zero-order valence-electron chi connectivity index (χ0n) is 14.7. The molecule has 0 spiro atoms. The molecule has 0 aliphatic carbocycles. The van der Waals surface area contributed by atoms with Gasteiger partial charge in [-0.1, -0.05) is 35.3 Å². The maximum Gasteiger partial charge on any atom is 0.290 e. The highest BCUT2D eigenvalue weighted by molar-refractivity contribution is 7.12. The van der Waals surface area contributed by atoms with Gasteiger partial charge in [-0.25, -0.2) is 0 Å². The number of nitrogens with zero attached hydrogens (tertiary/aromatic N) is 1. The van der Waals surface area contributed by atoms with Gasteiger partial charge in [-0.2, -0.15) is 0 Å². The number of carbonyl (C=O) groups is 2. The molecule has 0 radical (unpaired) electrons. The Bertz CT molecular complexity index is 951. The van der Waals surface area contributed by atoms with Gasteiger partial charge in [-0.05, 0) is 42.0 Å². The molecule has 3 heterocycles. The van der Waals surface area contributed by atoms with Crippen LogP contribution in [0.4, 0.5) is 0 Å². The summed E-state index contributed by atoms with van der Waals surface area (Å²) in [4.78, 5) is 27.9. The summed E-state index contributed by atoms with van der Waals surface area (Å²) < 4.78 is 5.67. The minimum Gasteiger partial charge on any atom is -0.503 e. The topological polar surface area (TPSA) is 66.8 Å². The van der Waals surface area contributed by atoms with Gasteiger partial charge in [0.15, 0.2) is 5.76 Å². The van der Waals surface area contributed by atoms with Crippen LogP contribution in [0.15, 0.2) is 47.0 Å². The van der Waals surface area contributed by atoms with Crippen molar-refractivity contribution in [1.29, 1.82) is 0 Å². The first-order valence-corrected chi connectivity index (χ1v) is 10.5. The number of carbonyl (C=O) groups excluding carboxylic acids is 2. The Morgan fingerprint density at radius 2 is 2.11 bits per heavy atom. The molecule has 1 fully saturated rings. The van der Waals surface area contributed by atoms with Gasteiger partial charge in [-0.15, -0.1) is 11.3 Å². The highest BCUT2D eigenvalue weighted by Crippen LogP contribution is 2.41. The second kappa shape index (κ2) is 7.87. The lowest BCUT2D eigenvalue weighted by molar-refractivity contribution is -0.131. The molecule has 28 heavy (non-hydrogen) atoms. The van der Waals surface area contributed by atoms with E-state index < -0.39 is 17.7 Å². The second-order valence-corrected chi connectivity index (χ2v) is 8.50. The molecule has 146 valence electrons. The molecular weight excluding hydrogens is 421 g/mol. The normalized spacial score (nSPS) is 22.4. The zero-order valence-corrected chi connectivity index (χ0v) is 17.1. The molecule has 8 heteroatoms. The van der Waals surface area contributed by atoms with Gasteiger partial charge in [0.25, 0.3) is 5.91 Å². The molecular formula is C20H17Cl2NO4S. The number of ether oxygens (including phenoxy) is 1. The largest absolute Gasteiger partial charge is 0.503 e. The fraction of sp³-hybridized carbons (Fsp3) is 0.300. The number of aliphatic hydroxyl groups is 1. The number of ketones is 1. The molecule has 2 atom stereocenters. The third kappa shape index (κ3) is 3.46. The Labute approximate surface area is 176 Å². The van der Waals surface area contributed by atoms with E-state index in [2.05, 4.69) is 0 Å². The van der Waals surface area contributed by atoms with Crippen LogP contribution in [-0.2, 0) is 9.53 Å². The van der Waals surface area contributed by atoms with E-state index in [0.29, 0.717) is 27.1 Å². The summed E-state index contributed by atoms with van der Waals surface area (Å²) >= 11 is 13.5. The average Bonchev–Trinajstić information content (AvgIpc) is 3.42. The molecule has 1 saturated heterocycles. The number of aliphatic hydroxyl groups excluding tert-OH is 1. The number of Topliss-reactive ketones (excluding diaryl/α,β-unsaturated/α-hetero) is 1. The molecule has 2 aliphatic heterocycles. The Morgan fingerprint density at radius 1 is 1.29 bits per heavy atom. The second-order valence-electron chi connectivity index (χ2n) is 6.74. The molecule has 4 rings (SSSR count). The van der Waals surface area contributed by atoms with Crippen molar-refractivity contribution >= 4 is 46.2 Å². The fourth-order valence-electron chi connectivity index (χ4n) is 3.65. The first-order chi connectivity index (χ1) is 13.5. The molecule has 2 aromatic rings. The third-order valence-corrected chi connectivity index (χ3v) is 6.58. The molecule has 0 saturated carbocycles. The molecule has 1 aromatic heterocycles. The minimum absolute atomic E-state index is 0.0591. The van der Waals surface area contributed by atoms with Crippen LogP contribution < -0.4 is 0 Å². The van der Waals surface area contributed by atoms with Crippen molar-refractivity contribution in [3.05, 3.63) is 67.5 Å². The monoisotopic (exact) mass is 437 g/mol. The zero-order chi connectivity index (χ0) is 19.8. The maximum absolute atomic E-state index is 13.1. The van der Waals surface area contributed by atoms with Crippen molar-refractivity contribution in [1.82, 2.24) is 4.90 Å². The van der Waals surface area contributed by atoms with Crippen LogP contribution in [0, 0.1) is 0 Å². The molecule has 1 N–H and O–H groups in total. The van der Waals surface area contributed by atoms with Gasteiger partial charge in [0.05, 0.1) is 32.6 Å². The van der Waals surface area contributed by atoms with Crippen molar-refractivity contribution in [2.45, 2.75) is 25.0 Å². The molecule has 2 aliphatic rings. The van der Waals surface area contributed by atoms with Crippen LogP contribution in [0.3, 0.4) is 0 Å². The number of halogens is 2. The van der Waals surface area contributed by atoms with E-state index in [4.69, 9.17) is 27.9 Å². The highest BCUT2D eigenvalue weighted by Gasteiger charge is 2.45. The van der Waals surface area contributed by atoms with E-state index in [0.717, 1.165) is 12.8 Å². The first-order valence-electron chi connectivity index (χ1n) is 8.86. The van der Waals surface area contributed by atoms with Crippen molar-refractivity contribution in [2.75, 3.05) is 13.2 Å². The minimum atomic E-state index is -0.749. The van der Waals surface area contributed by atoms with Crippen LogP contribution in [0.1, 0.15) is 34.1 Å². The third-order valence-electron chi connectivity index (χ3n) is 4.98. The van der Waals surface area contributed by atoms with Crippen LogP contribution in [0.2, 0.25) is 10.0 Å². The van der Waals surface area contributed by atoms with Crippen LogP contribution >= 0.6 is 34.5 Å². The highest BCUT2D eigenvalue weighted by atomic mass is 35.5. The van der Waals surface area contributed by atoms with E-state index in [1.54, 1.807) is 35.7 Å². The summed E-state index contributed by atoms with van der Waals surface area (Å²) in [5.74, 6) is -1.47. The van der Waals surface area contributed by atoms with Gasteiger partial charge in [0, 0.05) is 13.2 Å². The van der Waals surface area contributed by atoms with Crippen molar-refractivity contribution in [3.8, 4) is 0 Å². The summed E-state index contributed by atoms with van der Waals surface area (Å²) in [6, 6.07) is 7.65. The van der Waals surface area contributed by atoms with Gasteiger partial charge in [0.1, 0.15) is 0 Å². The lowest BCUT2D eigenvalue weighted by atomic mass is 9.95. The van der Waals surface area contributed by atoms with Crippen LogP contribution in [0.25, 0.3) is 0 Å². The Hall–Kier alpha value is -1.86. The maximum atomic E-state index is 13.1. The molecule has 2 unspecified atom stereocenters. The number of thiophene rings is 1. The summed E-state index contributed by atoms with van der Waals surface area (Å²) in [6.07, 6.45) is 1.62. The number of rotatable bonds is 5. The Kier molecular flexibility index (Phi) is 5.47. The van der Waals surface area contributed by atoms with Gasteiger partial charge < -0.3 is 14.7 Å². The first kappa shape index (κ1) is 19.5. The summed E-state index contributed by atoms with van der Waals surface area (Å²) in [6.45, 7) is 0.930. The molecule has 0 bridgehead atoms. The summed E-state index contributed by atoms with van der Waals surface area (Å²) in [5.41, 5.74) is 0.675. The van der Waals surface area contributed by atoms with Gasteiger partial charge in [0.2, 0.25) is 5.78 Å². The van der Waals surface area contributed by atoms with Crippen LogP contribution in [-0.4, -0.2) is 41.0 Å². The molecule has 5 nitrogen and oxygen atoms in total. The van der Waals surface area contributed by atoms with Crippen molar-refractivity contribution in [2.24, 2.45) is 0 Å². The SMILES string of the molecule is O=C(C1=C(O)C(=O)N(CC2CCCO2)C1c1ccc(Cl)c(Cl)c1)c1cccs1. The average molecular weight is 438 g/mol. The summed E-state index contributed by atoms with van der Waals surface area (Å²) in [7, 11) is 0. The lowest BCUT2D eigenvalue weighted by Gasteiger charge is -2.29. The number of benzene rings is 1. The van der Waals surface area contributed by atoms with E-state index in [9.17, 15) is 14.7 Å². The van der Waals surface area contributed by atoms with Gasteiger partial charge in [-0.3, -0.25) is 9.59 Å². The van der Waals surface area contributed by atoms with E-state index in [1.165, 1.54) is 16.2 Å². The number of amides is 1. The molecule has 1 aromatic carbocycles. The predicted molar refractivity (Wildman–Crippen MR) is 108 cm³/mol. The standard InChI is InChI=1S/C20H17Cl2NO4S/c21-13-6-5-11(9-14(13)22)17-16(18(24)15-4-2-8-28-15)19(25)20(26)23(17)10-12-3-1-7-27-12/h2,4-6,8-9,12,17,25H,1,3,7,10H2. The molecule has 1 amide bonds. The van der Waals surface area contributed by atoms with E-state index >= 15 is 0 Å². The summed E-state index contributed by atoms with van der Waals surface area (Å²) in [5, 5.41) is 13.1. The van der Waals surface area contributed by atoms with E-state index in [1.807, 2.05) is 0 Å². The van der Waals surface area contributed by atoms with Crippen molar-refractivity contribution < 1.29 is 19.4 Å². The lowest BCUT2D eigenvalue weighted by Crippen LogP contribution is -2.37. The smallest absolute Gasteiger partial charge is 0.290 e. The van der Waals surface area contributed by atoms with Gasteiger partial charge >= 0.3 is 0 Å². The quantitative estimate of drug-likeness (QED) is 0.681. The Morgan fingerprint density at radius 3 is 2.75 bits per heavy atom. The van der Waals surface area contributed by atoms with E-state index in [-0.39, 0.29) is 24.0 Å².